The summed E-state index contributed by atoms with van der Waals surface area (Å²) in [6, 6.07) is 67.0. The molecule has 54 heavy (non-hydrogen) atoms. The maximum Gasteiger partial charge on any atom is 0.164 e. The molecule has 0 fully saturated rings. The summed E-state index contributed by atoms with van der Waals surface area (Å²) < 4.78 is 0. The second-order valence-electron chi connectivity index (χ2n) is 14.0. The van der Waals surface area contributed by atoms with Crippen molar-refractivity contribution in [2.24, 2.45) is 0 Å². The van der Waals surface area contributed by atoms with E-state index in [1.807, 2.05) is 0 Å². The maximum atomic E-state index is 5.27. The van der Waals surface area contributed by atoms with Crippen LogP contribution < -0.4 is 0 Å². The highest BCUT2D eigenvalue weighted by Gasteiger charge is 2.20. The molecule has 0 spiro atoms. The summed E-state index contributed by atoms with van der Waals surface area (Å²) in [7, 11) is 0. The van der Waals surface area contributed by atoms with E-state index in [4.69, 9.17) is 15.0 Å². The molecule has 0 saturated heterocycles. The lowest BCUT2D eigenvalue weighted by molar-refractivity contribution is 1.08. The van der Waals surface area contributed by atoms with Crippen LogP contribution in [0.2, 0.25) is 0 Å². The molecule has 3 nitrogen and oxygen atoms in total. The Morgan fingerprint density at radius 2 is 0.648 bits per heavy atom. The molecule has 0 atom stereocenters. The smallest absolute Gasteiger partial charge is 0.164 e. The van der Waals surface area contributed by atoms with Gasteiger partial charge in [0.25, 0.3) is 0 Å². The summed E-state index contributed by atoms with van der Waals surface area (Å²) in [4.78, 5) is 15.7. The minimum Gasteiger partial charge on any atom is -0.208 e. The summed E-state index contributed by atoms with van der Waals surface area (Å²) >= 11 is 0. The van der Waals surface area contributed by atoms with E-state index in [0.717, 1.165) is 38.6 Å². The van der Waals surface area contributed by atoms with Gasteiger partial charge in [0, 0.05) is 16.7 Å². The number of aromatic nitrogens is 3. The predicted molar refractivity (Wildman–Crippen MR) is 227 cm³/mol. The molecule has 0 radical (unpaired) electrons. The topological polar surface area (TPSA) is 38.7 Å². The van der Waals surface area contributed by atoms with Crippen LogP contribution in [0.25, 0.3) is 110 Å². The molecular formula is C51H31N3. The second kappa shape index (κ2) is 12.2. The van der Waals surface area contributed by atoms with E-state index in [0.29, 0.717) is 17.5 Å². The van der Waals surface area contributed by atoms with Gasteiger partial charge in [-0.3, -0.25) is 0 Å². The van der Waals surface area contributed by atoms with Gasteiger partial charge in [-0.25, -0.2) is 15.0 Å². The van der Waals surface area contributed by atoms with Crippen LogP contribution in [0.15, 0.2) is 188 Å². The molecular weight excluding hydrogens is 655 g/mol. The second-order valence-corrected chi connectivity index (χ2v) is 14.0. The van der Waals surface area contributed by atoms with Crippen LogP contribution in [0.1, 0.15) is 0 Å². The van der Waals surface area contributed by atoms with Crippen LogP contribution in [-0.4, -0.2) is 15.0 Å². The highest BCUT2D eigenvalue weighted by Crippen LogP contribution is 2.44. The minimum atomic E-state index is 0.638. The highest BCUT2D eigenvalue weighted by atomic mass is 15.0. The molecule has 10 aromatic carbocycles. The Balaban J connectivity index is 1.19. The maximum absolute atomic E-state index is 5.27. The van der Waals surface area contributed by atoms with Gasteiger partial charge >= 0.3 is 0 Å². The summed E-state index contributed by atoms with van der Waals surface area (Å²) in [5, 5.41) is 14.6. The Hall–Kier alpha value is -7.23. The van der Waals surface area contributed by atoms with Gasteiger partial charge in [0.05, 0.1) is 0 Å². The van der Waals surface area contributed by atoms with Crippen LogP contribution in [-0.2, 0) is 0 Å². The quantitative estimate of drug-likeness (QED) is 0.173. The van der Waals surface area contributed by atoms with Gasteiger partial charge in [0.15, 0.2) is 17.5 Å². The fourth-order valence-corrected chi connectivity index (χ4v) is 8.31. The first-order valence-electron chi connectivity index (χ1n) is 18.4. The Labute approximate surface area is 311 Å². The molecule has 11 aromatic rings. The van der Waals surface area contributed by atoms with Gasteiger partial charge in [-0.2, -0.15) is 0 Å². The van der Waals surface area contributed by atoms with Crippen LogP contribution in [0.3, 0.4) is 0 Å². The predicted octanol–water partition coefficient (Wildman–Crippen LogP) is 13.5. The average Bonchev–Trinajstić information content (AvgIpc) is 3.25. The van der Waals surface area contributed by atoms with E-state index in [1.54, 1.807) is 0 Å². The number of nitrogens with zero attached hydrogens (tertiary/aromatic N) is 3. The van der Waals surface area contributed by atoms with Crippen molar-refractivity contribution in [2.75, 3.05) is 0 Å². The standard InChI is InChI=1S/C51H31N3/c1-3-15-34-29-36(27-25-32(34)13-1)49-52-50(37-28-26-33-14-2-4-16-35(33)30-37)54-51(53-49)45-24-12-9-21-42(45)46-31-47-40-19-6-5-17-38(40)39-18-7-10-22-43(39)48(47)44-23-11-8-20-41(44)46/h1-31H. The van der Waals surface area contributed by atoms with E-state index in [-0.39, 0.29) is 0 Å². The normalized spacial score (nSPS) is 11.7. The lowest BCUT2D eigenvalue weighted by Crippen LogP contribution is -2.01. The van der Waals surface area contributed by atoms with Gasteiger partial charge in [0.1, 0.15) is 0 Å². The fourth-order valence-electron chi connectivity index (χ4n) is 8.31. The minimum absolute atomic E-state index is 0.638. The number of rotatable bonds is 4. The Bertz CT molecular complexity index is 3190. The van der Waals surface area contributed by atoms with Gasteiger partial charge < -0.3 is 0 Å². The average molecular weight is 686 g/mol. The van der Waals surface area contributed by atoms with E-state index in [9.17, 15) is 0 Å². The van der Waals surface area contributed by atoms with E-state index in [1.165, 1.54) is 53.9 Å². The number of hydrogen-bond acceptors (Lipinski definition) is 3. The van der Waals surface area contributed by atoms with Crippen LogP contribution in [0, 0.1) is 0 Å². The van der Waals surface area contributed by atoms with E-state index in [2.05, 4.69) is 188 Å². The van der Waals surface area contributed by atoms with Crippen LogP contribution in [0.5, 0.6) is 0 Å². The van der Waals surface area contributed by atoms with Crippen molar-refractivity contribution in [3.05, 3.63) is 188 Å². The Kier molecular flexibility index (Phi) is 6.86. The Morgan fingerprint density at radius 1 is 0.241 bits per heavy atom. The van der Waals surface area contributed by atoms with Gasteiger partial charge in [0.2, 0.25) is 0 Å². The van der Waals surface area contributed by atoms with Crippen molar-refractivity contribution in [2.45, 2.75) is 0 Å². The van der Waals surface area contributed by atoms with Crippen LogP contribution >= 0.6 is 0 Å². The van der Waals surface area contributed by atoms with Crippen molar-refractivity contribution in [3.8, 4) is 45.3 Å². The Morgan fingerprint density at radius 3 is 1.24 bits per heavy atom. The third kappa shape index (κ3) is 4.87. The third-order valence-electron chi connectivity index (χ3n) is 10.9. The summed E-state index contributed by atoms with van der Waals surface area (Å²) in [5.41, 5.74) is 5.08. The largest absolute Gasteiger partial charge is 0.208 e. The van der Waals surface area contributed by atoms with Gasteiger partial charge in [-0.1, -0.05) is 170 Å². The molecule has 11 rings (SSSR count). The van der Waals surface area contributed by atoms with E-state index < -0.39 is 0 Å². The van der Waals surface area contributed by atoms with Crippen molar-refractivity contribution in [1.82, 2.24) is 15.0 Å². The highest BCUT2D eigenvalue weighted by molar-refractivity contribution is 6.33. The van der Waals surface area contributed by atoms with Crippen molar-refractivity contribution >= 4 is 64.6 Å². The molecule has 0 amide bonds. The molecule has 0 saturated carbocycles. The molecule has 0 aliphatic carbocycles. The number of benzene rings is 10. The molecule has 1 aromatic heterocycles. The molecule has 250 valence electrons. The first-order chi connectivity index (χ1) is 26.8. The first-order valence-corrected chi connectivity index (χ1v) is 18.4. The zero-order valence-electron chi connectivity index (χ0n) is 29.2. The third-order valence-corrected chi connectivity index (χ3v) is 10.9. The van der Waals surface area contributed by atoms with Gasteiger partial charge in [-0.15, -0.1) is 0 Å². The molecule has 0 unspecified atom stereocenters. The molecule has 3 heteroatoms. The molecule has 0 aliphatic heterocycles. The number of fused-ring (bicyclic) bond motifs is 10. The SMILES string of the molecule is c1ccc(-c2cc3c4ccccc4c4ccccc4c3c3ccccc23)c(-c2nc(-c3ccc4ccccc4c3)nc(-c3ccc4ccccc4c3)n2)c1. The monoisotopic (exact) mass is 685 g/mol. The first kappa shape index (κ1) is 30.4. The zero-order chi connectivity index (χ0) is 35.6. The molecule has 0 N–H and O–H groups in total. The van der Waals surface area contributed by atoms with Crippen molar-refractivity contribution in [3.63, 3.8) is 0 Å². The van der Waals surface area contributed by atoms with E-state index >= 15 is 0 Å². The zero-order valence-corrected chi connectivity index (χ0v) is 29.2. The van der Waals surface area contributed by atoms with Gasteiger partial charge in [-0.05, 0) is 94.0 Å². The molecule has 0 bridgehead atoms. The van der Waals surface area contributed by atoms with Crippen molar-refractivity contribution in [1.29, 1.82) is 0 Å². The summed E-state index contributed by atoms with van der Waals surface area (Å²) in [5.74, 6) is 1.92. The number of hydrogen-bond donors (Lipinski definition) is 0. The molecule has 1 heterocycles. The fraction of sp³-hybridized carbons (Fsp3) is 0. The molecule has 0 aliphatic rings. The van der Waals surface area contributed by atoms with Crippen molar-refractivity contribution < 1.29 is 0 Å². The van der Waals surface area contributed by atoms with Crippen LogP contribution in [0.4, 0.5) is 0 Å². The summed E-state index contributed by atoms with van der Waals surface area (Å²) in [6.45, 7) is 0. The lowest BCUT2D eigenvalue weighted by Gasteiger charge is -2.18. The lowest BCUT2D eigenvalue weighted by atomic mass is 9.86. The summed E-state index contributed by atoms with van der Waals surface area (Å²) in [6.07, 6.45) is 0.